The van der Waals surface area contributed by atoms with Gasteiger partial charge in [0.25, 0.3) is 0 Å². The second kappa shape index (κ2) is 9.67. The molecule has 0 N–H and O–H groups in total. The van der Waals surface area contributed by atoms with E-state index in [0.717, 1.165) is 11.1 Å². The summed E-state index contributed by atoms with van der Waals surface area (Å²) in [6.45, 7) is 6.58. The molecule has 3 aromatic carbocycles. The number of carbonyl (C=O) groups excluding carboxylic acids is 2. The fourth-order valence-electron chi connectivity index (χ4n) is 5.13. The molecule has 1 saturated heterocycles. The Morgan fingerprint density at radius 1 is 1.00 bits per heavy atom. The topological polar surface area (TPSA) is 62.2 Å². The number of aliphatic imine (C=N–C) groups is 1. The smallest absolute Gasteiger partial charge is 0.420 e. The summed E-state index contributed by atoms with van der Waals surface area (Å²) < 4.78 is 5.82. The van der Waals surface area contributed by atoms with Crippen molar-refractivity contribution < 1.29 is 14.3 Å². The molecule has 1 unspecified atom stereocenters. The minimum absolute atomic E-state index is 0.0165. The zero-order valence-electron chi connectivity index (χ0n) is 21.3. The minimum Gasteiger partial charge on any atom is -0.443 e. The van der Waals surface area contributed by atoms with Crippen LogP contribution in [0.2, 0.25) is 5.02 Å². The summed E-state index contributed by atoms with van der Waals surface area (Å²) in [7, 11) is 0. The van der Waals surface area contributed by atoms with E-state index in [0.29, 0.717) is 41.7 Å². The van der Waals surface area contributed by atoms with Crippen LogP contribution in [0.4, 0.5) is 16.2 Å². The number of halogens is 1. The van der Waals surface area contributed by atoms with Gasteiger partial charge in [-0.05, 0) is 56.5 Å². The number of hydrogen-bond acceptors (Lipinski definition) is 4. The molecule has 1 spiro atoms. The summed E-state index contributed by atoms with van der Waals surface area (Å²) in [4.78, 5) is 35.6. The molecule has 0 radical (unpaired) electrons. The van der Waals surface area contributed by atoms with Crippen LogP contribution >= 0.6 is 11.6 Å². The van der Waals surface area contributed by atoms with E-state index < -0.39 is 17.1 Å². The molecule has 1 atom stereocenters. The number of piperidine rings is 1. The molecular weight excluding hydrogens is 486 g/mol. The third-order valence-corrected chi connectivity index (χ3v) is 7.11. The van der Waals surface area contributed by atoms with E-state index in [1.54, 1.807) is 6.07 Å². The predicted molar refractivity (Wildman–Crippen MR) is 146 cm³/mol. The third kappa shape index (κ3) is 4.86. The van der Waals surface area contributed by atoms with Crippen LogP contribution in [-0.4, -0.2) is 34.9 Å². The molecule has 0 saturated carbocycles. The number of ether oxygens (including phenoxy) is 1. The number of amidine groups is 1. The van der Waals surface area contributed by atoms with Crippen LogP contribution in [0, 0.1) is 0 Å². The van der Waals surface area contributed by atoms with Crippen LogP contribution in [0.25, 0.3) is 0 Å². The zero-order chi connectivity index (χ0) is 26.2. The van der Waals surface area contributed by atoms with E-state index in [1.165, 1.54) is 4.90 Å². The first-order chi connectivity index (χ1) is 17.7. The van der Waals surface area contributed by atoms with Crippen molar-refractivity contribution in [3.8, 4) is 0 Å². The molecule has 6 nitrogen and oxygen atoms in total. The van der Waals surface area contributed by atoms with Gasteiger partial charge in [0.15, 0.2) is 0 Å². The molecule has 7 heteroatoms. The molecule has 2 aliphatic rings. The Bertz CT molecular complexity index is 1370. The summed E-state index contributed by atoms with van der Waals surface area (Å²) >= 11 is 6.50. The molecule has 1 fully saturated rings. The largest absolute Gasteiger partial charge is 0.443 e. The van der Waals surface area contributed by atoms with Gasteiger partial charge >= 0.3 is 6.09 Å². The second-order valence-electron chi connectivity index (χ2n) is 10.5. The normalized spacial score (nSPS) is 20.4. The number of anilines is 1. The summed E-state index contributed by atoms with van der Waals surface area (Å²) in [5.74, 6) is 0.492. The quantitative estimate of drug-likeness (QED) is 0.381. The Morgan fingerprint density at radius 2 is 1.68 bits per heavy atom. The first kappa shape index (κ1) is 25.0. The van der Waals surface area contributed by atoms with Gasteiger partial charge in [0.2, 0.25) is 5.91 Å². The van der Waals surface area contributed by atoms with E-state index >= 15 is 0 Å². The van der Waals surface area contributed by atoms with Crippen LogP contribution in [0.5, 0.6) is 0 Å². The van der Waals surface area contributed by atoms with Crippen molar-refractivity contribution in [2.24, 2.45) is 4.99 Å². The zero-order valence-corrected chi connectivity index (χ0v) is 22.0. The molecule has 5 rings (SSSR count). The van der Waals surface area contributed by atoms with Gasteiger partial charge in [-0.15, -0.1) is 0 Å². The highest BCUT2D eigenvalue weighted by atomic mass is 35.5. The maximum absolute atomic E-state index is 13.7. The summed E-state index contributed by atoms with van der Waals surface area (Å²) in [5, 5.41) is 0.470. The monoisotopic (exact) mass is 515 g/mol. The molecular formula is C30H30ClN3O3. The Labute approximate surface area is 222 Å². The van der Waals surface area contributed by atoms with Crippen LogP contribution in [0.1, 0.15) is 44.7 Å². The Balaban J connectivity index is 1.60. The molecule has 0 bridgehead atoms. The van der Waals surface area contributed by atoms with Gasteiger partial charge in [0.05, 0.1) is 21.8 Å². The summed E-state index contributed by atoms with van der Waals surface area (Å²) in [6.07, 6.45) is 0.284. The fourth-order valence-corrected chi connectivity index (χ4v) is 5.31. The number of benzene rings is 3. The van der Waals surface area contributed by atoms with Crippen molar-refractivity contribution in [1.82, 2.24) is 4.90 Å². The number of rotatable bonds is 3. The van der Waals surface area contributed by atoms with Gasteiger partial charge in [-0.1, -0.05) is 72.3 Å². The van der Waals surface area contributed by atoms with Crippen molar-refractivity contribution in [2.45, 2.75) is 51.2 Å². The highest BCUT2D eigenvalue weighted by Crippen LogP contribution is 2.50. The third-order valence-electron chi connectivity index (χ3n) is 6.79. The average Bonchev–Trinajstić information content (AvgIpc) is 3.11. The van der Waals surface area contributed by atoms with Crippen molar-refractivity contribution in [2.75, 3.05) is 11.4 Å². The van der Waals surface area contributed by atoms with E-state index in [9.17, 15) is 9.59 Å². The fraction of sp³-hybridized carbons (Fsp3) is 0.300. The van der Waals surface area contributed by atoms with E-state index in [2.05, 4.69) is 0 Å². The minimum atomic E-state index is -0.781. The number of amides is 2. The molecule has 190 valence electrons. The molecule has 2 heterocycles. The van der Waals surface area contributed by atoms with Crippen LogP contribution in [0.3, 0.4) is 0 Å². The van der Waals surface area contributed by atoms with Crippen molar-refractivity contribution in [3.63, 3.8) is 0 Å². The molecule has 2 aliphatic heterocycles. The number of nitrogens with zero attached hydrogens (tertiary/aromatic N) is 3. The van der Waals surface area contributed by atoms with Crippen molar-refractivity contribution >= 4 is 40.8 Å². The highest BCUT2D eigenvalue weighted by Gasteiger charge is 2.55. The van der Waals surface area contributed by atoms with Gasteiger partial charge in [0, 0.05) is 19.5 Å². The Kier molecular flexibility index (Phi) is 6.54. The number of carbonyl (C=O) groups is 2. The van der Waals surface area contributed by atoms with E-state index in [-0.39, 0.29) is 12.3 Å². The standard InChI is InChI=1S/C30H30ClN3O3/c1-29(2,3)37-28(36)34-25-16-10-7-13-22(25)30(27(34)32-24-15-9-8-14-23(24)31)17-18-33(26(35)19-30)20-21-11-5-4-6-12-21/h4-16H,17-20H2,1-3H3. The lowest BCUT2D eigenvalue weighted by Crippen LogP contribution is -2.52. The van der Waals surface area contributed by atoms with E-state index in [4.69, 9.17) is 21.3 Å². The lowest BCUT2D eigenvalue weighted by Gasteiger charge is -2.40. The average molecular weight is 516 g/mol. The lowest BCUT2D eigenvalue weighted by molar-refractivity contribution is -0.135. The van der Waals surface area contributed by atoms with Gasteiger partial charge in [-0.2, -0.15) is 0 Å². The van der Waals surface area contributed by atoms with Gasteiger partial charge < -0.3 is 9.64 Å². The SMILES string of the molecule is CC(C)(C)OC(=O)N1C(=Nc2ccccc2Cl)C2(CCN(Cc3ccccc3)C(=O)C2)c2ccccc21. The Hall–Kier alpha value is -3.64. The molecule has 0 aliphatic carbocycles. The molecule has 0 aromatic heterocycles. The van der Waals surface area contributed by atoms with Gasteiger partial charge in [0.1, 0.15) is 11.4 Å². The summed E-state index contributed by atoms with van der Waals surface area (Å²) in [6, 6.07) is 24.9. The number of hydrogen-bond donors (Lipinski definition) is 0. The lowest BCUT2D eigenvalue weighted by atomic mass is 9.73. The second-order valence-corrected chi connectivity index (χ2v) is 10.9. The molecule has 3 aromatic rings. The summed E-state index contributed by atoms with van der Waals surface area (Å²) in [5.41, 5.74) is 1.73. The molecule has 2 amide bonds. The maximum atomic E-state index is 13.7. The van der Waals surface area contributed by atoms with Gasteiger partial charge in [-0.3, -0.25) is 4.79 Å². The number of fused-ring (bicyclic) bond motifs is 2. The highest BCUT2D eigenvalue weighted by molar-refractivity contribution is 6.33. The first-order valence-electron chi connectivity index (χ1n) is 12.5. The van der Waals surface area contributed by atoms with Gasteiger partial charge in [-0.25, -0.2) is 14.7 Å². The van der Waals surface area contributed by atoms with Crippen molar-refractivity contribution in [1.29, 1.82) is 0 Å². The predicted octanol–water partition coefficient (Wildman–Crippen LogP) is 6.89. The maximum Gasteiger partial charge on any atom is 0.420 e. The number of para-hydroxylation sites is 2. The molecule has 37 heavy (non-hydrogen) atoms. The first-order valence-corrected chi connectivity index (χ1v) is 12.8. The van der Waals surface area contributed by atoms with Crippen LogP contribution in [-0.2, 0) is 21.5 Å². The van der Waals surface area contributed by atoms with Crippen LogP contribution < -0.4 is 4.90 Å². The Morgan fingerprint density at radius 3 is 2.38 bits per heavy atom. The van der Waals surface area contributed by atoms with E-state index in [1.807, 2.05) is 98.5 Å². The van der Waals surface area contributed by atoms with Crippen LogP contribution in [0.15, 0.2) is 83.9 Å². The van der Waals surface area contributed by atoms with Crippen molar-refractivity contribution in [3.05, 3.63) is 95.0 Å². The number of likely N-dealkylation sites (tertiary alicyclic amines) is 1.